The van der Waals surface area contributed by atoms with Crippen LogP contribution in [-0.2, 0) is 16.6 Å². The van der Waals surface area contributed by atoms with Crippen LogP contribution in [0.25, 0.3) is 0 Å². The minimum atomic E-state index is -3.61. The number of hydrogen-bond donors (Lipinski definition) is 0. The van der Waals surface area contributed by atoms with E-state index >= 15 is 0 Å². The van der Waals surface area contributed by atoms with Gasteiger partial charge < -0.3 is 0 Å². The van der Waals surface area contributed by atoms with E-state index in [0.717, 1.165) is 16.7 Å². The molecule has 0 bridgehead atoms. The van der Waals surface area contributed by atoms with Gasteiger partial charge in [0, 0.05) is 0 Å². The van der Waals surface area contributed by atoms with E-state index in [0.29, 0.717) is 0 Å². The van der Waals surface area contributed by atoms with E-state index in [2.05, 4.69) is 12.3 Å². The third-order valence-corrected chi connectivity index (χ3v) is 5.04. The molecule has 0 saturated heterocycles. The van der Waals surface area contributed by atoms with E-state index in [-0.39, 0.29) is 11.4 Å². The van der Waals surface area contributed by atoms with Crippen molar-refractivity contribution in [3.05, 3.63) is 83.7 Å². The average molecular weight is 313 g/mol. The fraction of sp³-hybridized carbons (Fsp3) is 0.167. The second-order valence-electron chi connectivity index (χ2n) is 5.18. The molecule has 0 aliphatic heterocycles. The van der Waals surface area contributed by atoms with Gasteiger partial charge in [0.1, 0.15) is 0 Å². The number of rotatable bonds is 5. The van der Waals surface area contributed by atoms with Gasteiger partial charge in [-0.15, -0.1) is 5.73 Å². The predicted octanol–water partition coefficient (Wildman–Crippen LogP) is 3.79. The molecule has 0 heterocycles. The maximum absolute atomic E-state index is 12.7. The molecule has 0 radical (unpaired) electrons. The van der Waals surface area contributed by atoms with Crippen molar-refractivity contribution in [2.75, 3.05) is 0 Å². The summed E-state index contributed by atoms with van der Waals surface area (Å²) in [4.78, 5) is 0.261. The molecule has 0 unspecified atom stereocenters. The summed E-state index contributed by atoms with van der Waals surface area (Å²) < 4.78 is 26.7. The molecule has 114 valence electrons. The first-order valence-electron chi connectivity index (χ1n) is 6.93. The molecule has 0 fully saturated rings. The van der Waals surface area contributed by atoms with Crippen LogP contribution in [0.1, 0.15) is 16.7 Å². The van der Waals surface area contributed by atoms with Gasteiger partial charge in [0.25, 0.3) is 10.0 Å². The van der Waals surface area contributed by atoms with Gasteiger partial charge in [0.15, 0.2) is 0 Å². The van der Waals surface area contributed by atoms with Crippen LogP contribution >= 0.6 is 0 Å². The lowest BCUT2D eigenvalue weighted by Crippen LogP contribution is -2.25. The summed E-state index contributed by atoms with van der Waals surface area (Å²) in [6.45, 7) is 7.65. The van der Waals surface area contributed by atoms with Gasteiger partial charge in [-0.2, -0.15) is 0 Å². The van der Waals surface area contributed by atoms with E-state index < -0.39 is 10.0 Å². The summed E-state index contributed by atoms with van der Waals surface area (Å²) >= 11 is 0. The van der Waals surface area contributed by atoms with Crippen molar-refractivity contribution >= 4 is 10.0 Å². The first-order valence-corrected chi connectivity index (χ1v) is 8.37. The highest BCUT2D eigenvalue weighted by atomic mass is 32.2. The lowest BCUT2D eigenvalue weighted by Gasteiger charge is -2.20. The van der Waals surface area contributed by atoms with Crippen LogP contribution in [0.5, 0.6) is 0 Å². The quantitative estimate of drug-likeness (QED) is 0.788. The van der Waals surface area contributed by atoms with E-state index in [1.807, 2.05) is 38.1 Å². The van der Waals surface area contributed by atoms with Crippen LogP contribution in [-0.4, -0.2) is 12.7 Å². The molecule has 0 aliphatic carbocycles. The van der Waals surface area contributed by atoms with Crippen LogP contribution in [0, 0.1) is 13.8 Å². The predicted molar refractivity (Wildman–Crippen MR) is 88.8 cm³/mol. The number of benzene rings is 2. The van der Waals surface area contributed by atoms with Gasteiger partial charge in [0.05, 0.1) is 17.6 Å². The zero-order valence-corrected chi connectivity index (χ0v) is 13.6. The summed E-state index contributed by atoms with van der Waals surface area (Å²) in [6, 6.07) is 14.6. The molecule has 0 saturated carbocycles. The SMILES string of the molecule is C=C=CN(Cc1ccc(C)cc1)S(=O)(=O)c1ccc(C)cc1. The minimum Gasteiger partial charge on any atom is -0.261 e. The molecule has 0 atom stereocenters. The van der Waals surface area contributed by atoms with Gasteiger partial charge in [-0.05, 0) is 31.5 Å². The van der Waals surface area contributed by atoms with Gasteiger partial charge in [0.2, 0.25) is 0 Å². The first kappa shape index (κ1) is 16.1. The molecule has 22 heavy (non-hydrogen) atoms. The maximum Gasteiger partial charge on any atom is 0.264 e. The lowest BCUT2D eigenvalue weighted by atomic mass is 10.1. The number of hydrogen-bond acceptors (Lipinski definition) is 2. The molecule has 3 nitrogen and oxygen atoms in total. The Hall–Kier alpha value is -2.29. The van der Waals surface area contributed by atoms with Crippen molar-refractivity contribution in [3.8, 4) is 0 Å². The van der Waals surface area contributed by atoms with Gasteiger partial charge >= 0.3 is 0 Å². The monoisotopic (exact) mass is 313 g/mol. The van der Waals surface area contributed by atoms with E-state index in [1.54, 1.807) is 24.3 Å². The zero-order chi connectivity index (χ0) is 16.2. The molecule has 2 rings (SSSR count). The molecule has 0 N–H and O–H groups in total. The Kier molecular flexibility index (Phi) is 4.86. The van der Waals surface area contributed by atoms with Crippen molar-refractivity contribution in [2.24, 2.45) is 0 Å². The second-order valence-corrected chi connectivity index (χ2v) is 7.07. The standard InChI is InChI=1S/C18H19NO2S/c1-4-13-19(14-17-9-5-15(2)6-10-17)22(20,21)18-11-7-16(3)8-12-18/h5-13H,1,14H2,2-3H3. The normalized spacial score (nSPS) is 10.8. The molecule has 0 aromatic heterocycles. The topological polar surface area (TPSA) is 37.4 Å². The van der Waals surface area contributed by atoms with Crippen molar-refractivity contribution in [1.82, 2.24) is 4.31 Å². The molecular weight excluding hydrogens is 294 g/mol. The van der Waals surface area contributed by atoms with Crippen LogP contribution in [0.4, 0.5) is 0 Å². The molecule has 0 amide bonds. The minimum absolute atomic E-state index is 0.249. The van der Waals surface area contributed by atoms with Gasteiger partial charge in [-0.1, -0.05) is 54.1 Å². The van der Waals surface area contributed by atoms with Crippen molar-refractivity contribution in [3.63, 3.8) is 0 Å². The van der Waals surface area contributed by atoms with Crippen molar-refractivity contribution in [1.29, 1.82) is 0 Å². The van der Waals surface area contributed by atoms with Gasteiger partial charge in [-0.25, -0.2) is 8.42 Å². The highest BCUT2D eigenvalue weighted by Crippen LogP contribution is 2.19. The van der Waals surface area contributed by atoms with E-state index in [4.69, 9.17) is 0 Å². The zero-order valence-electron chi connectivity index (χ0n) is 12.8. The lowest BCUT2D eigenvalue weighted by molar-refractivity contribution is 0.496. The molecule has 2 aromatic rings. The van der Waals surface area contributed by atoms with E-state index in [1.165, 1.54) is 10.5 Å². The van der Waals surface area contributed by atoms with Crippen molar-refractivity contribution in [2.45, 2.75) is 25.3 Å². The van der Waals surface area contributed by atoms with Crippen LogP contribution < -0.4 is 0 Å². The molecule has 0 spiro atoms. The largest absolute Gasteiger partial charge is 0.264 e. The smallest absolute Gasteiger partial charge is 0.261 e. The highest BCUT2D eigenvalue weighted by molar-refractivity contribution is 7.89. The number of sulfonamides is 1. The molecule has 4 heteroatoms. The van der Waals surface area contributed by atoms with Crippen LogP contribution in [0.2, 0.25) is 0 Å². The van der Waals surface area contributed by atoms with E-state index in [9.17, 15) is 8.42 Å². The third kappa shape index (κ3) is 3.67. The Morgan fingerprint density at radius 1 is 1.00 bits per heavy atom. The highest BCUT2D eigenvalue weighted by Gasteiger charge is 2.21. The molecule has 0 aliphatic rings. The maximum atomic E-state index is 12.7. The van der Waals surface area contributed by atoms with Crippen molar-refractivity contribution < 1.29 is 8.42 Å². The summed E-state index contributed by atoms with van der Waals surface area (Å²) in [5.41, 5.74) is 5.62. The average Bonchev–Trinajstić information content (AvgIpc) is 2.49. The number of nitrogens with zero attached hydrogens (tertiary/aromatic N) is 1. The fourth-order valence-corrected chi connectivity index (χ4v) is 3.30. The Morgan fingerprint density at radius 2 is 1.50 bits per heavy atom. The Balaban J connectivity index is 2.36. The summed E-state index contributed by atoms with van der Waals surface area (Å²) in [5, 5.41) is 0. The van der Waals surface area contributed by atoms with Gasteiger partial charge in [-0.3, -0.25) is 4.31 Å². The third-order valence-electron chi connectivity index (χ3n) is 3.32. The Morgan fingerprint density at radius 3 is 2.00 bits per heavy atom. The summed E-state index contributed by atoms with van der Waals surface area (Å²) in [6.07, 6.45) is 1.37. The fourth-order valence-electron chi connectivity index (χ4n) is 2.02. The Labute approximate surface area is 132 Å². The van der Waals surface area contributed by atoms with Crippen LogP contribution in [0.15, 0.2) is 71.9 Å². The van der Waals surface area contributed by atoms with Crippen LogP contribution in [0.3, 0.4) is 0 Å². The Bertz CT molecular complexity index is 784. The molecule has 2 aromatic carbocycles. The number of aryl methyl sites for hydroxylation is 2. The second kappa shape index (κ2) is 6.65. The summed E-state index contributed by atoms with van der Waals surface area (Å²) in [7, 11) is -3.61. The first-order chi connectivity index (χ1) is 10.4. The molecular formula is C18H19NO2S. The summed E-state index contributed by atoms with van der Waals surface area (Å²) in [5.74, 6) is 0.